The Bertz CT molecular complexity index is 1350. The highest BCUT2D eigenvalue weighted by atomic mass is 79.9. The highest BCUT2D eigenvalue weighted by molar-refractivity contribution is 9.10. The summed E-state index contributed by atoms with van der Waals surface area (Å²) in [6.45, 7) is 0. The Kier molecular flexibility index (Phi) is 5.79. The minimum atomic E-state index is -0.578. The molecule has 10 heteroatoms. The third kappa shape index (κ3) is 4.79. The number of fused-ring (bicyclic) bond motifs is 1. The third-order valence-electron chi connectivity index (χ3n) is 4.20. The molecule has 4 rings (SSSR count). The fraction of sp³-hybridized carbons (Fsp3) is 0. The molecule has 31 heavy (non-hydrogen) atoms. The van der Waals surface area contributed by atoms with Crippen LogP contribution in [0.25, 0.3) is 28.6 Å². The first kappa shape index (κ1) is 20.7. The zero-order valence-corrected chi connectivity index (χ0v) is 17.9. The number of benzene rings is 2. The Labute approximate surface area is 188 Å². The molecule has 1 N–H and O–H groups in total. The van der Waals surface area contributed by atoms with E-state index in [4.69, 9.17) is 16.0 Å². The smallest absolute Gasteiger partial charge is 0.288 e. The van der Waals surface area contributed by atoms with Crippen LogP contribution in [0.3, 0.4) is 0 Å². The van der Waals surface area contributed by atoms with Crippen molar-refractivity contribution in [1.82, 2.24) is 9.97 Å². The molecule has 0 saturated heterocycles. The number of carbonyl (C=O) groups is 1. The molecular weight excluding hydrogens is 488 g/mol. The van der Waals surface area contributed by atoms with E-state index in [1.807, 2.05) is 6.07 Å². The fourth-order valence-corrected chi connectivity index (χ4v) is 3.34. The number of halogens is 2. The first-order chi connectivity index (χ1) is 14.9. The second-order valence-corrected chi connectivity index (χ2v) is 7.71. The minimum Gasteiger partial charge on any atom is -0.436 e. The van der Waals surface area contributed by atoms with Crippen LogP contribution < -0.4 is 5.32 Å². The summed E-state index contributed by atoms with van der Waals surface area (Å²) in [5.41, 5.74) is 2.64. The number of hydrogen-bond acceptors (Lipinski definition) is 6. The molecule has 2 aromatic heterocycles. The number of aromatic nitrogens is 2. The summed E-state index contributed by atoms with van der Waals surface area (Å²) in [5.74, 6) is 0.00775. The van der Waals surface area contributed by atoms with Crippen molar-refractivity contribution < 1.29 is 14.1 Å². The van der Waals surface area contributed by atoms with Gasteiger partial charge in [-0.05, 0) is 57.9 Å². The second-order valence-electron chi connectivity index (χ2n) is 6.38. The van der Waals surface area contributed by atoms with Crippen LogP contribution >= 0.6 is 27.5 Å². The number of nitro benzene ring substituents is 1. The van der Waals surface area contributed by atoms with Crippen LogP contribution in [0, 0.1) is 10.1 Å². The predicted octanol–water partition coefficient (Wildman–Crippen LogP) is 5.87. The van der Waals surface area contributed by atoms with E-state index in [0.29, 0.717) is 28.2 Å². The molecule has 154 valence electrons. The molecule has 2 heterocycles. The number of rotatable bonds is 5. The van der Waals surface area contributed by atoms with E-state index in [2.05, 4.69) is 31.2 Å². The summed E-state index contributed by atoms with van der Waals surface area (Å²) in [5, 5.41) is 13.7. The van der Waals surface area contributed by atoms with Gasteiger partial charge in [-0.1, -0.05) is 17.7 Å². The number of anilines is 1. The summed E-state index contributed by atoms with van der Waals surface area (Å²) >= 11 is 9.16. The molecule has 0 aliphatic carbocycles. The monoisotopic (exact) mass is 498 g/mol. The predicted molar refractivity (Wildman–Crippen MR) is 121 cm³/mol. The van der Waals surface area contributed by atoms with Gasteiger partial charge < -0.3 is 9.73 Å². The summed E-state index contributed by atoms with van der Waals surface area (Å²) in [6, 6.07) is 11.2. The maximum Gasteiger partial charge on any atom is 0.288 e. The van der Waals surface area contributed by atoms with Crippen LogP contribution in [0.15, 0.2) is 69.8 Å². The summed E-state index contributed by atoms with van der Waals surface area (Å²) in [4.78, 5) is 31.2. The Morgan fingerprint density at radius 1 is 1.19 bits per heavy atom. The van der Waals surface area contributed by atoms with Crippen molar-refractivity contribution in [2.24, 2.45) is 0 Å². The van der Waals surface area contributed by atoms with Gasteiger partial charge in [-0.15, -0.1) is 0 Å². The first-order valence-electron chi connectivity index (χ1n) is 8.83. The molecule has 0 saturated carbocycles. The largest absolute Gasteiger partial charge is 0.436 e. The maximum absolute atomic E-state index is 12.3. The molecule has 4 aromatic rings. The highest BCUT2D eigenvalue weighted by Crippen LogP contribution is 2.28. The first-order valence-corrected chi connectivity index (χ1v) is 10.0. The summed E-state index contributed by atoms with van der Waals surface area (Å²) in [7, 11) is 0. The molecule has 2 aromatic carbocycles. The van der Waals surface area contributed by atoms with Crippen molar-refractivity contribution in [1.29, 1.82) is 0 Å². The van der Waals surface area contributed by atoms with Gasteiger partial charge in [-0.3, -0.25) is 19.9 Å². The van der Waals surface area contributed by atoms with Crippen LogP contribution in [-0.2, 0) is 4.79 Å². The van der Waals surface area contributed by atoms with Gasteiger partial charge in [0, 0.05) is 34.7 Å². The molecule has 0 aliphatic rings. The van der Waals surface area contributed by atoms with E-state index >= 15 is 0 Å². The van der Waals surface area contributed by atoms with Gasteiger partial charge >= 0.3 is 0 Å². The van der Waals surface area contributed by atoms with Gasteiger partial charge in [0.15, 0.2) is 5.58 Å². The Balaban J connectivity index is 1.50. The molecule has 0 atom stereocenters. The molecule has 0 fully saturated rings. The van der Waals surface area contributed by atoms with Gasteiger partial charge in [0.05, 0.1) is 10.5 Å². The van der Waals surface area contributed by atoms with Gasteiger partial charge in [0.25, 0.3) is 5.69 Å². The van der Waals surface area contributed by atoms with Gasteiger partial charge in [-0.25, -0.2) is 4.98 Å². The summed E-state index contributed by atoms with van der Waals surface area (Å²) in [6.07, 6.45) is 6.05. The van der Waals surface area contributed by atoms with E-state index in [1.54, 1.807) is 36.7 Å². The number of hydrogen-bond donors (Lipinski definition) is 1. The number of amides is 1. The lowest BCUT2D eigenvalue weighted by Gasteiger charge is -2.01. The van der Waals surface area contributed by atoms with E-state index in [1.165, 1.54) is 24.3 Å². The van der Waals surface area contributed by atoms with Crippen molar-refractivity contribution in [3.05, 3.63) is 86.1 Å². The quantitative estimate of drug-likeness (QED) is 0.209. The molecule has 0 spiro atoms. The van der Waals surface area contributed by atoms with Crippen molar-refractivity contribution in [3.63, 3.8) is 0 Å². The lowest BCUT2D eigenvalue weighted by atomic mass is 10.2. The minimum absolute atomic E-state index is 0.0329. The molecule has 0 aliphatic heterocycles. The lowest BCUT2D eigenvalue weighted by molar-refractivity contribution is -0.384. The van der Waals surface area contributed by atoms with E-state index < -0.39 is 10.8 Å². The topological polar surface area (TPSA) is 111 Å². The van der Waals surface area contributed by atoms with Gasteiger partial charge in [0.1, 0.15) is 10.5 Å². The van der Waals surface area contributed by atoms with Crippen molar-refractivity contribution >= 4 is 62.0 Å². The molecule has 0 bridgehead atoms. The average molecular weight is 500 g/mol. The number of nitro groups is 1. The van der Waals surface area contributed by atoms with Crippen molar-refractivity contribution in [2.45, 2.75) is 0 Å². The van der Waals surface area contributed by atoms with Gasteiger partial charge in [0.2, 0.25) is 11.8 Å². The Hall–Kier alpha value is -3.56. The second kappa shape index (κ2) is 8.66. The number of nitrogens with zero attached hydrogens (tertiary/aromatic N) is 3. The number of nitrogens with one attached hydrogen (secondary N) is 1. The Morgan fingerprint density at radius 2 is 2.03 bits per heavy atom. The van der Waals surface area contributed by atoms with E-state index in [-0.39, 0.29) is 10.7 Å². The molecular formula is C21H12BrClN4O4. The average Bonchev–Trinajstić information content (AvgIpc) is 3.16. The van der Waals surface area contributed by atoms with Crippen LogP contribution in [0.4, 0.5) is 11.4 Å². The molecule has 8 nitrogen and oxygen atoms in total. The molecule has 1 amide bonds. The van der Waals surface area contributed by atoms with Crippen LogP contribution in [0.5, 0.6) is 0 Å². The third-order valence-corrected chi connectivity index (χ3v) is 4.95. The van der Waals surface area contributed by atoms with Crippen molar-refractivity contribution in [3.8, 4) is 11.5 Å². The van der Waals surface area contributed by atoms with Crippen LogP contribution in [0.1, 0.15) is 5.56 Å². The fourth-order valence-electron chi connectivity index (χ4n) is 2.79. The maximum atomic E-state index is 12.3. The lowest BCUT2D eigenvalue weighted by Crippen LogP contribution is -2.07. The van der Waals surface area contributed by atoms with E-state index in [0.717, 1.165) is 10.0 Å². The summed E-state index contributed by atoms with van der Waals surface area (Å²) < 4.78 is 6.55. The number of oxazole rings is 1. The molecule has 0 radical (unpaired) electrons. The zero-order valence-electron chi connectivity index (χ0n) is 15.6. The Morgan fingerprint density at radius 3 is 2.81 bits per heavy atom. The highest BCUT2D eigenvalue weighted by Gasteiger charge is 2.12. The van der Waals surface area contributed by atoms with Crippen LogP contribution in [0.2, 0.25) is 5.02 Å². The van der Waals surface area contributed by atoms with Crippen molar-refractivity contribution in [2.75, 3.05) is 5.32 Å². The van der Waals surface area contributed by atoms with Crippen LogP contribution in [-0.4, -0.2) is 20.8 Å². The zero-order chi connectivity index (χ0) is 22.0. The number of carbonyl (C=O) groups excluding carboxylic acids is 1. The molecule has 0 unspecified atom stereocenters. The normalized spacial score (nSPS) is 11.2. The SMILES string of the molecule is O=C(C=Cc1ccc(Cl)c([N+](=O)[O-])c1)Nc1ccc2oc(-c3cncc(Br)c3)nc2c1. The number of pyridine rings is 1. The standard InChI is InChI=1S/C21H12BrClN4O4/c22-14-8-13(10-24-11-14)21-26-17-9-15(3-5-19(17)31-21)25-20(28)6-2-12-1-4-16(23)18(7-12)27(29)30/h1-11H,(H,25,28). The van der Waals surface area contributed by atoms with E-state index in [9.17, 15) is 14.9 Å². The van der Waals surface area contributed by atoms with Gasteiger partial charge in [-0.2, -0.15) is 0 Å².